The van der Waals surface area contributed by atoms with Crippen LogP contribution in [0.1, 0.15) is 24.7 Å². The number of rotatable bonds is 6. The maximum atomic E-state index is 12.7. The van der Waals surface area contributed by atoms with E-state index in [4.69, 9.17) is 4.74 Å². The van der Waals surface area contributed by atoms with E-state index in [9.17, 15) is 8.42 Å². The lowest BCUT2D eigenvalue weighted by Gasteiger charge is -2.32. The maximum absolute atomic E-state index is 12.7. The molecule has 1 fully saturated rings. The predicted octanol–water partition coefficient (Wildman–Crippen LogP) is 1.49. The monoisotopic (exact) mass is 350 g/mol. The standard InChI is InChI=1S/C16H22N4O3S/c1-23-12-9-16-18-17-13-20(16)14-7-10-19(11-8-14)24(21,22)15-5-3-2-4-6-15/h2-6,13-14H,7-12H2,1H3. The summed E-state index contributed by atoms with van der Waals surface area (Å²) in [6.07, 6.45) is 3.95. The second kappa shape index (κ2) is 7.42. The van der Waals surface area contributed by atoms with E-state index in [0.29, 0.717) is 31.0 Å². The van der Waals surface area contributed by atoms with Crippen LogP contribution in [0.4, 0.5) is 0 Å². The number of methoxy groups -OCH3 is 1. The van der Waals surface area contributed by atoms with Crippen LogP contribution in [0.25, 0.3) is 0 Å². The zero-order valence-electron chi connectivity index (χ0n) is 13.7. The molecule has 7 nitrogen and oxygen atoms in total. The summed E-state index contributed by atoms with van der Waals surface area (Å²) in [5, 5.41) is 8.14. The van der Waals surface area contributed by atoms with Crippen LogP contribution in [-0.4, -0.2) is 54.3 Å². The van der Waals surface area contributed by atoms with E-state index in [1.807, 2.05) is 6.07 Å². The van der Waals surface area contributed by atoms with Crippen LogP contribution in [0.5, 0.6) is 0 Å². The molecule has 0 unspecified atom stereocenters. The van der Waals surface area contributed by atoms with Crippen LogP contribution in [0, 0.1) is 0 Å². The van der Waals surface area contributed by atoms with E-state index in [0.717, 1.165) is 18.7 Å². The molecule has 0 spiro atoms. The van der Waals surface area contributed by atoms with Crippen LogP contribution in [0.15, 0.2) is 41.6 Å². The molecule has 2 heterocycles. The molecule has 0 N–H and O–H groups in total. The fourth-order valence-corrected chi connectivity index (χ4v) is 4.54. The lowest BCUT2D eigenvalue weighted by atomic mass is 10.1. The third-order valence-electron chi connectivity index (χ3n) is 4.37. The molecule has 1 aliphatic rings. The Morgan fingerprint density at radius 2 is 1.92 bits per heavy atom. The number of hydrogen-bond acceptors (Lipinski definition) is 5. The summed E-state index contributed by atoms with van der Waals surface area (Å²) < 4.78 is 34.1. The van der Waals surface area contributed by atoms with Crippen molar-refractivity contribution in [3.05, 3.63) is 42.5 Å². The minimum Gasteiger partial charge on any atom is -0.384 e. The Kier molecular flexibility index (Phi) is 5.27. The minimum atomic E-state index is -3.41. The van der Waals surface area contributed by atoms with Crippen LogP contribution >= 0.6 is 0 Å². The highest BCUT2D eigenvalue weighted by Gasteiger charge is 2.30. The highest BCUT2D eigenvalue weighted by Crippen LogP contribution is 2.27. The van der Waals surface area contributed by atoms with Crippen LogP contribution in [-0.2, 0) is 21.2 Å². The van der Waals surface area contributed by atoms with Gasteiger partial charge in [0.1, 0.15) is 12.2 Å². The van der Waals surface area contributed by atoms with Crippen molar-refractivity contribution in [3.63, 3.8) is 0 Å². The van der Waals surface area contributed by atoms with Gasteiger partial charge in [-0.05, 0) is 25.0 Å². The van der Waals surface area contributed by atoms with Crippen molar-refractivity contribution in [1.29, 1.82) is 0 Å². The van der Waals surface area contributed by atoms with Gasteiger partial charge in [-0.25, -0.2) is 8.42 Å². The SMILES string of the molecule is COCCc1nncn1C1CCN(S(=O)(=O)c2ccccc2)CC1. The highest BCUT2D eigenvalue weighted by molar-refractivity contribution is 7.89. The Morgan fingerprint density at radius 1 is 1.21 bits per heavy atom. The third kappa shape index (κ3) is 3.50. The minimum absolute atomic E-state index is 0.231. The van der Waals surface area contributed by atoms with Crippen molar-refractivity contribution in [2.75, 3.05) is 26.8 Å². The fraction of sp³-hybridized carbons (Fsp3) is 0.500. The topological polar surface area (TPSA) is 77.3 Å². The van der Waals surface area contributed by atoms with E-state index >= 15 is 0 Å². The zero-order chi connectivity index (χ0) is 17.0. The van der Waals surface area contributed by atoms with Gasteiger partial charge >= 0.3 is 0 Å². The van der Waals surface area contributed by atoms with Crippen LogP contribution < -0.4 is 0 Å². The van der Waals surface area contributed by atoms with E-state index in [1.54, 1.807) is 42.0 Å². The molecule has 0 aliphatic carbocycles. The molecular formula is C16H22N4O3S. The molecule has 8 heteroatoms. The molecule has 2 aromatic rings. The Bertz CT molecular complexity index is 753. The molecule has 0 atom stereocenters. The van der Waals surface area contributed by atoms with Crippen LogP contribution in [0.2, 0.25) is 0 Å². The van der Waals surface area contributed by atoms with Gasteiger partial charge in [-0.3, -0.25) is 0 Å². The van der Waals surface area contributed by atoms with Crippen molar-refractivity contribution < 1.29 is 13.2 Å². The zero-order valence-corrected chi connectivity index (χ0v) is 14.5. The first-order valence-electron chi connectivity index (χ1n) is 8.05. The molecular weight excluding hydrogens is 328 g/mol. The summed E-state index contributed by atoms with van der Waals surface area (Å²) >= 11 is 0. The summed E-state index contributed by atoms with van der Waals surface area (Å²) in [6, 6.07) is 8.83. The summed E-state index contributed by atoms with van der Waals surface area (Å²) in [6.45, 7) is 1.60. The second-order valence-corrected chi connectivity index (χ2v) is 7.78. The Hall–Kier alpha value is -1.77. The first kappa shape index (κ1) is 17.1. The van der Waals surface area contributed by atoms with Gasteiger partial charge in [0.2, 0.25) is 10.0 Å². The smallest absolute Gasteiger partial charge is 0.243 e. The van der Waals surface area contributed by atoms with Gasteiger partial charge in [-0.1, -0.05) is 18.2 Å². The van der Waals surface area contributed by atoms with E-state index in [2.05, 4.69) is 14.8 Å². The third-order valence-corrected chi connectivity index (χ3v) is 6.29. The van der Waals surface area contributed by atoms with Gasteiger partial charge in [-0.15, -0.1) is 10.2 Å². The number of benzene rings is 1. The molecule has 0 amide bonds. The number of ether oxygens (including phenoxy) is 1. The first-order chi connectivity index (χ1) is 11.6. The van der Waals surface area contributed by atoms with Gasteiger partial charge in [-0.2, -0.15) is 4.31 Å². The van der Waals surface area contributed by atoms with Crippen molar-refractivity contribution in [2.24, 2.45) is 0 Å². The number of nitrogens with zero attached hydrogens (tertiary/aromatic N) is 4. The second-order valence-electron chi connectivity index (χ2n) is 5.85. The highest BCUT2D eigenvalue weighted by atomic mass is 32.2. The molecule has 0 radical (unpaired) electrons. The molecule has 1 aliphatic heterocycles. The molecule has 1 aromatic carbocycles. The van der Waals surface area contributed by atoms with E-state index in [1.165, 1.54) is 0 Å². The summed E-state index contributed by atoms with van der Waals surface area (Å²) in [7, 11) is -1.75. The van der Waals surface area contributed by atoms with Crippen LogP contribution in [0.3, 0.4) is 0 Å². The Labute approximate surface area is 142 Å². The van der Waals surface area contributed by atoms with Gasteiger partial charge < -0.3 is 9.30 Å². The largest absolute Gasteiger partial charge is 0.384 e. The van der Waals surface area contributed by atoms with Gasteiger partial charge in [0.15, 0.2) is 0 Å². The number of hydrogen-bond donors (Lipinski definition) is 0. The molecule has 1 aromatic heterocycles. The Morgan fingerprint density at radius 3 is 2.58 bits per heavy atom. The first-order valence-corrected chi connectivity index (χ1v) is 9.49. The summed E-state index contributed by atoms with van der Waals surface area (Å²) in [5.74, 6) is 0.890. The molecule has 24 heavy (non-hydrogen) atoms. The van der Waals surface area contributed by atoms with Crippen molar-refractivity contribution >= 4 is 10.0 Å². The lowest BCUT2D eigenvalue weighted by molar-refractivity contribution is 0.197. The van der Waals surface area contributed by atoms with Crippen molar-refractivity contribution in [1.82, 2.24) is 19.1 Å². The van der Waals surface area contributed by atoms with Crippen molar-refractivity contribution in [2.45, 2.75) is 30.2 Å². The quantitative estimate of drug-likeness (QED) is 0.789. The summed E-state index contributed by atoms with van der Waals surface area (Å²) in [5.41, 5.74) is 0. The average Bonchev–Trinajstić information content (AvgIpc) is 3.09. The average molecular weight is 350 g/mol. The maximum Gasteiger partial charge on any atom is 0.243 e. The van der Waals surface area contributed by atoms with Gasteiger partial charge in [0.25, 0.3) is 0 Å². The van der Waals surface area contributed by atoms with Crippen molar-refractivity contribution in [3.8, 4) is 0 Å². The molecule has 130 valence electrons. The number of sulfonamides is 1. The normalized spacial score (nSPS) is 17.2. The van der Waals surface area contributed by atoms with E-state index < -0.39 is 10.0 Å². The fourth-order valence-electron chi connectivity index (χ4n) is 3.05. The molecule has 0 bridgehead atoms. The molecule has 3 rings (SSSR count). The molecule has 1 saturated heterocycles. The summed E-state index contributed by atoms with van der Waals surface area (Å²) in [4.78, 5) is 0.355. The predicted molar refractivity (Wildman–Crippen MR) is 89.1 cm³/mol. The van der Waals surface area contributed by atoms with Gasteiger partial charge in [0.05, 0.1) is 11.5 Å². The van der Waals surface area contributed by atoms with Gasteiger partial charge in [0, 0.05) is 32.7 Å². The number of piperidine rings is 1. The molecule has 0 saturated carbocycles. The number of aromatic nitrogens is 3. The Balaban J connectivity index is 1.67. The van der Waals surface area contributed by atoms with E-state index in [-0.39, 0.29) is 6.04 Å². The lowest BCUT2D eigenvalue weighted by Crippen LogP contribution is -2.39.